The molecule has 0 saturated carbocycles. The Labute approximate surface area is 94.2 Å². The van der Waals surface area contributed by atoms with E-state index in [9.17, 15) is 9.90 Å². The molecule has 0 saturated heterocycles. The lowest BCUT2D eigenvalue weighted by Crippen LogP contribution is -2.31. The molecule has 0 aliphatic carbocycles. The number of benzene rings is 1. The third kappa shape index (κ3) is 2.66. The van der Waals surface area contributed by atoms with Gasteiger partial charge in [-0.3, -0.25) is 4.79 Å². The van der Waals surface area contributed by atoms with Crippen molar-refractivity contribution in [1.82, 2.24) is 0 Å². The fourth-order valence-corrected chi connectivity index (χ4v) is 1.43. The summed E-state index contributed by atoms with van der Waals surface area (Å²) in [6.07, 6.45) is 0. The van der Waals surface area contributed by atoms with Crippen LogP contribution >= 0.6 is 0 Å². The monoisotopic (exact) mass is 224 g/mol. The first kappa shape index (κ1) is 12.8. The fourth-order valence-electron chi connectivity index (χ4n) is 1.43. The molecular weight excluding hydrogens is 208 g/mol. The summed E-state index contributed by atoms with van der Waals surface area (Å²) in [5.74, 6) is -0.443. The second-order valence-corrected chi connectivity index (χ2v) is 4.20. The molecule has 16 heavy (non-hydrogen) atoms. The molecule has 0 spiro atoms. The van der Waals surface area contributed by atoms with Crippen LogP contribution < -0.4 is 0 Å². The lowest BCUT2D eigenvalue weighted by molar-refractivity contribution is 0.0485. The minimum atomic E-state index is -1.47. The Morgan fingerprint density at radius 3 is 2.31 bits per heavy atom. The van der Waals surface area contributed by atoms with E-state index in [1.165, 1.54) is 19.9 Å². The maximum atomic E-state index is 11.8. The first-order chi connectivity index (χ1) is 7.40. The average molecular weight is 224 g/mol. The average Bonchev–Trinajstić information content (AvgIpc) is 2.26. The molecule has 0 aliphatic rings. The highest BCUT2D eigenvalue weighted by Gasteiger charge is 2.26. The molecule has 1 rings (SSSR count). The van der Waals surface area contributed by atoms with Gasteiger partial charge in [0, 0.05) is 5.56 Å². The molecule has 0 aromatic heterocycles. The molecule has 88 valence electrons. The first-order valence-electron chi connectivity index (χ1n) is 5.01. The van der Waals surface area contributed by atoms with Crippen molar-refractivity contribution in [3.05, 3.63) is 34.9 Å². The van der Waals surface area contributed by atoms with Gasteiger partial charge in [-0.2, -0.15) is 0 Å². The fraction of sp³-hybridized carbons (Fsp3) is 0.417. The summed E-state index contributed by atoms with van der Waals surface area (Å²) >= 11 is 0. The highest BCUT2D eigenvalue weighted by Crippen LogP contribution is 2.18. The Bertz CT molecular complexity index is 390. The molecule has 0 unspecified atom stereocenters. The number of aliphatic hydroxyl groups is 3. The SMILES string of the molecule is CC(C)(O)C(=O)c1ccc(CO)cc1CO. The molecule has 0 fully saturated rings. The zero-order valence-corrected chi connectivity index (χ0v) is 9.40. The summed E-state index contributed by atoms with van der Waals surface area (Å²) < 4.78 is 0. The van der Waals surface area contributed by atoms with Crippen molar-refractivity contribution in [3.63, 3.8) is 0 Å². The van der Waals surface area contributed by atoms with Gasteiger partial charge in [0.1, 0.15) is 5.60 Å². The number of aliphatic hydroxyl groups excluding tert-OH is 2. The lowest BCUT2D eigenvalue weighted by atomic mass is 9.92. The smallest absolute Gasteiger partial charge is 0.194 e. The Balaban J connectivity index is 3.19. The molecule has 0 radical (unpaired) electrons. The van der Waals surface area contributed by atoms with Gasteiger partial charge in [-0.05, 0) is 25.0 Å². The molecule has 4 heteroatoms. The van der Waals surface area contributed by atoms with E-state index in [2.05, 4.69) is 0 Å². The first-order valence-corrected chi connectivity index (χ1v) is 5.01. The van der Waals surface area contributed by atoms with Crippen LogP contribution in [0.15, 0.2) is 18.2 Å². The Morgan fingerprint density at radius 1 is 1.25 bits per heavy atom. The van der Waals surface area contributed by atoms with Gasteiger partial charge in [0.15, 0.2) is 5.78 Å². The van der Waals surface area contributed by atoms with Crippen molar-refractivity contribution in [2.75, 3.05) is 0 Å². The maximum Gasteiger partial charge on any atom is 0.194 e. The number of hydrogen-bond acceptors (Lipinski definition) is 4. The Hall–Kier alpha value is -1.23. The molecule has 0 bridgehead atoms. The van der Waals surface area contributed by atoms with Gasteiger partial charge in [0.2, 0.25) is 0 Å². The summed E-state index contributed by atoms with van der Waals surface area (Å²) in [5.41, 5.74) is -0.146. The normalized spacial score (nSPS) is 11.6. The van der Waals surface area contributed by atoms with E-state index < -0.39 is 11.4 Å². The highest BCUT2D eigenvalue weighted by atomic mass is 16.3. The molecular formula is C12H16O4. The second kappa shape index (κ2) is 4.74. The van der Waals surface area contributed by atoms with Crippen LogP contribution in [0.5, 0.6) is 0 Å². The summed E-state index contributed by atoms with van der Waals surface area (Å²) in [7, 11) is 0. The Morgan fingerprint density at radius 2 is 1.88 bits per heavy atom. The van der Waals surface area contributed by atoms with Crippen molar-refractivity contribution in [1.29, 1.82) is 0 Å². The summed E-state index contributed by atoms with van der Waals surface area (Å²) in [6, 6.07) is 4.66. The largest absolute Gasteiger partial charge is 0.392 e. The van der Waals surface area contributed by atoms with Crippen LogP contribution in [0.2, 0.25) is 0 Å². The lowest BCUT2D eigenvalue weighted by Gasteiger charge is -2.17. The quantitative estimate of drug-likeness (QED) is 0.655. The van der Waals surface area contributed by atoms with Crippen LogP contribution in [0.3, 0.4) is 0 Å². The molecule has 0 atom stereocenters. The van der Waals surface area contributed by atoms with Gasteiger partial charge in [-0.1, -0.05) is 18.2 Å². The number of rotatable bonds is 4. The molecule has 0 amide bonds. The van der Waals surface area contributed by atoms with E-state index in [0.717, 1.165) is 0 Å². The predicted octanol–water partition coefficient (Wildman–Crippen LogP) is 0.625. The van der Waals surface area contributed by atoms with E-state index in [1.54, 1.807) is 12.1 Å². The van der Waals surface area contributed by atoms with Gasteiger partial charge >= 0.3 is 0 Å². The highest BCUT2D eigenvalue weighted by molar-refractivity contribution is 6.02. The second-order valence-electron chi connectivity index (χ2n) is 4.20. The van der Waals surface area contributed by atoms with Crippen LogP contribution in [0, 0.1) is 0 Å². The predicted molar refractivity (Wildman–Crippen MR) is 58.9 cm³/mol. The van der Waals surface area contributed by atoms with Crippen molar-refractivity contribution in [3.8, 4) is 0 Å². The summed E-state index contributed by atoms with van der Waals surface area (Å²) in [4.78, 5) is 11.8. The van der Waals surface area contributed by atoms with Crippen molar-refractivity contribution in [2.45, 2.75) is 32.7 Å². The third-order valence-electron chi connectivity index (χ3n) is 2.32. The van der Waals surface area contributed by atoms with E-state index in [1.807, 2.05) is 0 Å². The third-order valence-corrected chi connectivity index (χ3v) is 2.32. The molecule has 0 heterocycles. The number of carbonyl (C=O) groups excluding carboxylic acids is 1. The number of hydrogen-bond donors (Lipinski definition) is 3. The number of Topliss-reactive ketones (excluding diaryl/α,β-unsaturated/α-hetero) is 1. The topological polar surface area (TPSA) is 77.8 Å². The van der Waals surface area contributed by atoms with Crippen molar-refractivity contribution >= 4 is 5.78 Å². The van der Waals surface area contributed by atoms with Gasteiger partial charge in [0.25, 0.3) is 0 Å². The zero-order chi connectivity index (χ0) is 12.3. The molecule has 0 aliphatic heterocycles. The van der Waals surface area contributed by atoms with Crippen LogP contribution in [-0.4, -0.2) is 26.7 Å². The van der Waals surface area contributed by atoms with E-state index in [4.69, 9.17) is 10.2 Å². The standard InChI is InChI=1S/C12H16O4/c1-12(2,16)11(15)10-4-3-8(6-13)5-9(10)7-14/h3-5,13-14,16H,6-7H2,1-2H3. The van der Waals surface area contributed by atoms with Crippen LogP contribution in [-0.2, 0) is 13.2 Å². The van der Waals surface area contributed by atoms with Crippen LogP contribution in [0.25, 0.3) is 0 Å². The van der Waals surface area contributed by atoms with Gasteiger partial charge in [-0.25, -0.2) is 0 Å². The molecule has 4 nitrogen and oxygen atoms in total. The minimum Gasteiger partial charge on any atom is -0.392 e. The molecule has 1 aromatic rings. The van der Waals surface area contributed by atoms with Gasteiger partial charge < -0.3 is 15.3 Å². The van der Waals surface area contributed by atoms with Crippen molar-refractivity contribution < 1.29 is 20.1 Å². The maximum absolute atomic E-state index is 11.8. The minimum absolute atomic E-state index is 0.149. The van der Waals surface area contributed by atoms with Gasteiger partial charge in [0.05, 0.1) is 13.2 Å². The molecule has 3 N–H and O–H groups in total. The van der Waals surface area contributed by atoms with E-state index in [-0.39, 0.29) is 18.8 Å². The summed E-state index contributed by atoms with van der Waals surface area (Å²) in [5, 5.41) is 27.7. The van der Waals surface area contributed by atoms with E-state index >= 15 is 0 Å². The van der Waals surface area contributed by atoms with E-state index in [0.29, 0.717) is 11.1 Å². The number of carbonyl (C=O) groups is 1. The van der Waals surface area contributed by atoms with Crippen molar-refractivity contribution in [2.24, 2.45) is 0 Å². The molecule has 1 aromatic carbocycles. The van der Waals surface area contributed by atoms with Gasteiger partial charge in [-0.15, -0.1) is 0 Å². The summed E-state index contributed by atoms with van der Waals surface area (Å²) in [6.45, 7) is 2.35. The van der Waals surface area contributed by atoms with Crippen LogP contribution in [0.4, 0.5) is 0 Å². The van der Waals surface area contributed by atoms with Crippen LogP contribution in [0.1, 0.15) is 35.3 Å². The number of ketones is 1. The Kier molecular flexibility index (Phi) is 3.80. The zero-order valence-electron chi connectivity index (χ0n) is 9.40.